The largest absolute Gasteiger partial charge is 0.310 e. The lowest BCUT2D eigenvalue weighted by atomic mass is 9.91. The third kappa shape index (κ3) is 1.53. The molecule has 1 aliphatic heterocycles. The average molecular weight is 240 g/mol. The van der Waals surface area contributed by atoms with Crippen LogP contribution >= 0.6 is 15.9 Å². The Morgan fingerprint density at radius 3 is 2.92 bits per heavy atom. The van der Waals surface area contributed by atoms with E-state index < -0.39 is 0 Å². The lowest BCUT2D eigenvalue weighted by Crippen LogP contribution is -2.28. The SMILES string of the molecule is Cc1ccc(Br)c2c1[C@H](C)NCC2. The molecule has 0 amide bonds. The van der Waals surface area contributed by atoms with E-state index >= 15 is 0 Å². The maximum absolute atomic E-state index is 3.62. The molecule has 1 aliphatic rings. The van der Waals surface area contributed by atoms with Gasteiger partial charge in [-0.1, -0.05) is 22.0 Å². The minimum absolute atomic E-state index is 0.501. The summed E-state index contributed by atoms with van der Waals surface area (Å²) in [5.74, 6) is 0. The van der Waals surface area contributed by atoms with Gasteiger partial charge in [-0.3, -0.25) is 0 Å². The second-order valence-electron chi connectivity index (χ2n) is 3.68. The van der Waals surface area contributed by atoms with Gasteiger partial charge in [-0.15, -0.1) is 0 Å². The minimum atomic E-state index is 0.501. The van der Waals surface area contributed by atoms with Gasteiger partial charge in [-0.05, 0) is 49.6 Å². The molecule has 0 spiro atoms. The van der Waals surface area contributed by atoms with E-state index in [1.807, 2.05) is 0 Å². The fourth-order valence-corrected chi connectivity index (χ4v) is 2.67. The van der Waals surface area contributed by atoms with Crippen molar-refractivity contribution in [2.75, 3.05) is 6.54 Å². The Kier molecular flexibility index (Phi) is 2.43. The molecule has 1 heterocycles. The zero-order chi connectivity index (χ0) is 9.42. The topological polar surface area (TPSA) is 12.0 Å². The van der Waals surface area contributed by atoms with Crippen LogP contribution in [0.5, 0.6) is 0 Å². The van der Waals surface area contributed by atoms with Crippen molar-refractivity contribution in [2.45, 2.75) is 26.3 Å². The van der Waals surface area contributed by atoms with Gasteiger partial charge in [-0.2, -0.15) is 0 Å². The van der Waals surface area contributed by atoms with E-state index in [-0.39, 0.29) is 0 Å². The summed E-state index contributed by atoms with van der Waals surface area (Å²) in [6.07, 6.45) is 1.14. The van der Waals surface area contributed by atoms with Crippen LogP contribution < -0.4 is 5.32 Å². The molecule has 0 fully saturated rings. The van der Waals surface area contributed by atoms with Crippen molar-refractivity contribution in [3.05, 3.63) is 33.3 Å². The Morgan fingerprint density at radius 2 is 2.23 bits per heavy atom. The summed E-state index contributed by atoms with van der Waals surface area (Å²) >= 11 is 3.62. The van der Waals surface area contributed by atoms with Gasteiger partial charge < -0.3 is 5.32 Å². The van der Waals surface area contributed by atoms with E-state index in [0.717, 1.165) is 13.0 Å². The predicted molar refractivity (Wildman–Crippen MR) is 59.0 cm³/mol. The zero-order valence-corrected chi connectivity index (χ0v) is 9.61. The van der Waals surface area contributed by atoms with E-state index in [9.17, 15) is 0 Å². The summed E-state index contributed by atoms with van der Waals surface area (Å²) in [6, 6.07) is 4.85. The summed E-state index contributed by atoms with van der Waals surface area (Å²) in [5.41, 5.74) is 4.38. The molecule has 1 atom stereocenters. The van der Waals surface area contributed by atoms with Gasteiger partial charge in [0.05, 0.1) is 0 Å². The van der Waals surface area contributed by atoms with Crippen LogP contribution in [0.2, 0.25) is 0 Å². The number of nitrogens with one attached hydrogen (secondary N) is 1. The van der Waals surface area contributed by atoms with E-state index in [0.29, 0.717) is 6.04 Å². The summed E-state index contributed by atoms with van der Waals surface area (Å²) in [4.78, 5) is 0. The molecule has 0 saturated carbocycles. The lowest BCUT2D eigenvalue weighted by molar-refractivity contribution is 0.537. The monoisotopic (exact) mass is 239 g/mol. The summed E-state index contributed by atoms with van der Waals surface area (Å²) in [6.45, 7) is 5.52. The zero-order valence-electron chi connectivity index (χ0n) is 8.02. The van der Waals surface area contributed by atoms with E-state index in [4.69, 9.17) is 0 Å². The van der Waals surface area contributed by atoms with E-state index in [1.165, 1.54) is 21.2 Å². The molecule has 0 aliphatic carbocycles. The smallest absolute Gasteiger partial charge is 0.0297 e. The third-order valence-electron chi connectivity index (χ3n) is 2.78. The van der Waals surface area contributed by atoms with Crippen molar-refractivity contribution in [1.29, 1.82) is 0 Å². The standard InChI is InChI=1S/C11H14BrN/c1-7-3-4-10(12)9-5-6-13-8(2)11(7)9/h3-4,8,13H,5-6H2,1-2H3/t8-/m0/s1. The first-order valence-corrected chi connectivity index (χ1v) is 5.50. The Bertz CT molecular complexity index is 333. The van der Waals surface area contributed by atoms with Crippen molar-refractivity contribution in [1.82, 2.24) is 5.32 Å². The van der Waals surface area contributed by atoms with Gasteiger partial charge in [0, 0.05) is 10.5 Å². The second-order valence-corrected chi connectivity index (χ2v) is 4.54. The maximum Gasteiger partial charge on any atom is 0.0297 e. The highest BCUT2D eigenvalue weighted by Crippen LogP contribution is 2.31. The van der Waals surface area contributed by atoms with Gasteiger partial charge in [0.15, 0.2) is 0 Å². The van der Waals surface area contributed by atoms with Crippen LogP contribution in [0.3, 0.4) is 0 Å². The molecule has 2 heteroatoms. The van der Waals surface area contributed by atoms with Gasteiger partial charge in [-0.25, -0.2) is 0 Å². The average Bonchev–Trinajstić information content (AvgIpc) is 2.12. The number of aryl methyl sites for hydroxylation is 1. The molecule has 0 saturated heterocycles. The first kappa shape index (κ1) is 9.22. The fraction of sp³-hybridized carbons (Fsp3) is 0.455. The minimum Gasteiger partial charge on any atom is -0.310 e. The van der Waals surface area contributed by atoms with Crippen molar-refractivity contribution in [2.24, 2.45) is 0 Å². The van der Waals surface area contributed by atoms with Gasteiger partial charge in [0.25, 0.3) is 0 Å². The Hall–Kier alpha value is -0.340. The molecule has 1 nitrogen and oxygen atoms in total. The van der Waals surface area contributed by atoms with Crippen LogP contribution in [0.4, 0.5) is 0 Å². The molecule has 2 rings (SSSR count). The molecule has 70 valence electrons. The number of hydrogen-bond donors (Lipinski definition) is 1. The lowest BCUT2D eigenvalue weighted by Gasteiger charge is -2.26. The first-order valence-electron chi connectivity index (χ1n) is 4.71. The fourth-order valence-electron chi connectivity index (χ4n) is 2.13. The Morgan fingerprint density at radius 1 is 1.46 bits per heavy atom. The maximum atomic E-state index is 3.62. The second kappa shape index (κ2) is 3.43. The molecule has 0 bridgehead atoms. The summed E-state index contributed by atoms with van der Waals surface area (Å²) in [5, 5.41) is 3.49. The first-order chi connectivity index (χ1) is 6.20. The number of rotatable bonds is 0. The number of benzene rings is 1. The van der Waals surface area contributed by atoms with Crippen molar-refractivity contribution in [3.8, 4) is 0 Å². The van der Waals surface area contributed by atoms with Crippen LogP contribution in [-0.2, 0) is 6.42 Å². The summed E-state index contributed by atoms with van der Waals surface area (Å²) in [7, 11) is 0. The third-order valence-corrected chi connectivity index (χ3v) is 3.52. The molecule has 1 aromatic carbocycles. The van der Waals surface area contributed by atoms with Crippen molar-refractivity contribution >= 4 is 15.9 Å². The molecule has 1 N–H and O–H groups in total. The molecule has 0 radical (unpaired) electrons. The predicted octanol–water partition coefficient (Wildman–Crippen LogP) is 2.96. The molecule has 13 heavy (non-hydrogen) atoms. The normalized spacial score (nSPS) is 21.3. The molecule has 0 unspecified atom stereocenters. The van der Waals surface area contributed by atoms with Crippen LogP contribution in [0.15, 0.2) is 16.6 Å². The molecule has 1 aromatic rings. The Balaban J connectivity index is 2.60. The van der Waals surface area contributed by atoms with Crippen LogP contribution in [-0.4, -0.2) is 6.54 Å². The Labute approximate surface area is 87.7 Å². The quantitative estimate of drug-likeness (QED) is 0.735. The molecular formula is C11H14BrN. The highest BCUT2D eigenvalue weighted by molar-refractivity contribution is 9.10. The molecule has 0 aromatic heterocycles. The molecular weight excluding hydrogens is 226 g/mol. The number of halogens is 1. The van der Waals surface area contributed by atoms with E-state index in [2.05, 4.69) is 47.2 Å². The van der Waals surface area contributed by atoms with E-state index in [1.54, 1.807) is 0 Å². The van der Waals surface area contributed by atoms with Gasteiger partial charge >= 0.3 is 0 Å². The van der Waals surface area contributed by atoms with Crippen molar-refractivity contribution < 1.29 is 0 Å². The van der Waals surface area contributed by atoms with Crippen LogP contribution in [0.25, 0.3) is 0 Å². The van der Waals surface area contributed by atoms with Gasteiger partial charge in [0.1, 0.15) is 0 Å². The highest BCUT2D eigenvalue weighted by Gasteiger charge is 2.19. The van der Waals surface area contributed by atoms with Crippen LogP contribution in [0, 0.1) is 6.92 Å². The highest BCUT2D eigenvalue weighted by atomic mass is 79.9. The summed E-state index contributed by atoms with van der Waals surface area (Å²) < 4.78 is 1.27. The number of fused-ring (bicyclic) bond motifs is 1. The van der Waals surface area contributed by atoms with Gasteiger partial charge in [0.2, 0.25) is 0 Å². The van der Waals surface area contributed by atoms with Crippen molar-refractivity contribution in [3.63, 3.8) is 0 Å². The number of hydrogen-bond acceptors (Lipinski definition) is 1. The van der Waals surface area contributed by atoms with Crippen LogP contribution in [0.1, 0.15) is 29.7 Å².